The van der Waals surface area contributed by atoms with Crippen molar-refractivity contribution in [3.63, 3.8) is 0 Å². The highest BCUT2D eigenvalue weighted by Crippen LogP contribution is 2.34. The number of rotatable bonds is 8. The van der Waals surface area contributed by atoms with Crippen molar-refractivity contribution in [3.05, 3.63) is 52.8 Å². The number of nitrogens with one attached hydrogen (secondary N) is 2. The topological polar surface area (TPSA) is 93.2 Å². The maximum absolute atomic E-state index is 13.1. The number of benzene rings is 1. The Bertz CT molecular complexity index is 1180. The number of aromatic nitrogens is 2. The Balaban J connectivity index is 1.51. The molecule has 168 valence electrons. The van der Waals surface area contributed by atoms with E-state index in [9.17, 15) is 9.00 Å². The van der Waals surface area contributed by atoms with Crippen molar-refractivity contribution >= 4 is 50.6 Å². The highest BCUT2D eigenvalue weighted by atomic mass is 35.5. The summed E-state index contributed by atoms with van der Waals surface area (Å²) in [6, 6.07) is 7.30. The predicted molar refractivity (Wildman–Crippen MR) is 130 cm³/mol. The maximum atomic E-state index is 13.1. The number of methoxy groups -OCH3 is 1. The molecule has 0 spiro atoms. The number of amides is 1. The van der Waals surface area contributed by atoms with E-state index >= 15 is 0 Å². The van der Waals surface area contributed by atoms with E-state index < -0.39 is 16.4 Å². The van der Waals surface area contributed by atoms with Crippen molar-refractivity contribution in [1.29, 1.82) is 0 Å². The summed E-state index contributed by atoms with van der Waals surface area (Å²) in [5.74, 6) is 0.292. The third-order valence-electron chi connectivity index (χ3n) is 5.22. The van der Waals surface area contributed by atoms with E-state index in [1.54, 1.807) is 39.4 Å². The minimum Gasteiger partial charge on any atom is -0.495 e. The number of thiazole rings is 1. The standard InChI is InChI=1S/C22H23ClN4O3S2/c1-22(2,19-12-31-21(26-19)27-32(29)16-5-6-16)20(28)25-17-7-4-13(9-18(17)30-3)14-8-15(23)11-24-10-14/h4,7-12,16H,5-6H2,1-3H3,(H,25,28)(H,26,27). The van der Waals surface area contributed by atoms with Crippen molar-refractivity contribution in [2.45, 2.75) is 37.4 Å². The zero-order valence-corrected chi connectivity index (χ0v) is 20.2. The van der Waals surface area contributed by atoms with E-state index in [4.69, 9.17) is 16.3 Å². The summed E-state index contributed by atoms with van der Waals surface area (Å²) in [4.78, 5) is 21.8. The number of hydrogen-bond donors (Lipinski definition) is 2. The van der Waals surface area contributed by atoms with Crippen molar-refractivity contribution in [2.75, 3.05) is 17.1 Å². The van der Waals surface area contributed by atoms with Crippen LogP contribution in [0.3, 0.4) is 0 Å². The maximum Gasteiger partial charge on any atom is 0.236 e. The minimum absolute atomic E-state index is 0.205. The van der Waals surface area contributed by atoms with Crippen LogP contribution in [0.25, 0.3) is 11.1 Å². The van der Waals surface area contributed by atoms with Gasteiger partial charge in [-0.2, -0.15) is 0 Å². The zero-order chi connectivity index (χ0) is 22.9. The number of carbonyl (C=O) groups is 1. The third kappa shape index (κ3) is 4.95. The van der Waals surface area contributed by atoms with Crippen LogP contribution in [-0.2, 0) is 21.2 Å². The number of nitrogens with zero attached hydrogens (tertiary/aromatic N) is 2. The molecule has 1 saturated carbocycles. The number of carbonyl (C=O) groups excluding carboxylic acids is 1. The second kappa shape index (κ2) is 9.17. The van der Waals surface area contributed by atoms with Crippen LogP contribution < -0.4 is 14.8 Å². The molecule has 2 N–H and O–H groups in total. The second-order valence-corrected chi connectivity index (χ2v) is 10.8. The van der Waals surface area contributed by atoms with Crippen molar-refractivity contribution in [1.82, 2.24) is 9.97 Å². The van der Waals surface area contributed by atoms with Gasteiger partial charge in [0, 0.05) is 23.3 Å². The van der Waals surface area contributed by atoms with Gasteiger partial charge >= 0.3 is 0 Å². The van der Waals surface area contributed by atoms with Crippen LogP contribution in [0.5, 0.6) is 5.75 Å². The summed E-state index contributed by atoms with van der Waals surface area (Å²) in [6.45, 7) is 3.61. The summed E-state index contributed by atoms with van der Waals surface area (Å²) in [5, 5.41) is 6.07. The molecule has 4 rings (SSSR count). The smallest absolute Gasteiger partial charge is 0.236 e. The van der Waals surface area contributed by atoms with E-state index in [1.165, 1.54) is 11.3 Å². The van der Waals surface area contributed by atoms with Crippen molar-refractivity contribution < 1.29 is 13.7 Å². The molecule has 1 unspecified atom stereocenters. The Labute approximate surface area is 198 Å². The van der Waals surface area contributed by atoms with Crippen molar-refractivity contribution in [3.8, 4) is 16.9 Å². The number of pyridine rings is 1. The summed E-state index contributed by atoms with van der Waals surface area (Å²) in [6.07, 6.45) is 5.23. The van der Waals surface area contributed by atoms with Gasteiger partial charge in [0.25, 0.3) is 0 Å². The fraction of sp³-hybridized carbons (Fsp3) is 0.318. The quantitative estimate of drug-likeness (QED) is 0.462. The molecule has 7 nitrogen and oxygen atoms in total. The van der Waals surface area contributed by atoms with Crippen LogP contribution >= 0.6 is 22.9 Å². The number of anilines is 2. The lowest BCUT2D eigenvalue weighted by molar-refractivity contribution is -0.120. The molecule has 1 atom stereocenters. The summed E-state index contributed by atoms with van der Waals surface area (Å²) in [5.41, 5.74) is 1.97. The van der Waals surface area contributed by atoms with Gasteiger partial charge in [0.2, 0.25) is 5.91 Å². The lowest BCUT2D eigenvalue weighted by atomic mass is 9.89. The van der Waals surface area contributed by atoms with Gasteiger partial charge in [-0.05, 0) is 50.5 Å². The molecule has 2 heterocycles. The molecule has 10 heteroatoms. The first-order valence-corrected chi connectivity index (χ1v) is 12.5. The monoisotopic (exact) mass is 490 g/mol. The molecule has 0 radical (unpaired) electrons. The average Bonchev–Trinajstić information content (AvgIpc) is 3.52. The average molecular weight is 491 g/mol. The summed E-state index contributed by atoms with van der Waals surface area (Å²) >= 11 is 7.39. The molecule has 0 bridgehead atoms. The molecular formula is C22H23ClN4O3S2. The van der Waals surface area contributed by atoms with Gasteiger partial charge in [-0.25, -0.2) is 9.19 Å². The van der Waals surface area contributed by atoms with E-state index in [0.717, 1.165) is 24.0 Å². The van der Waals surface area contributed by atoms with Gasteiger partial charge in [0.1, 0.15) is 16.7 Å². The molecular weight excluding hydrogens is 468 g/mol. The molecule has 1 aromatic carbocycles. The Morgan fingerprint density at radius 3 is 2.72 bits per heavy atom. The fourth-order valence-corrected chi connectivity index (χ4v) is 5.28. The largest absolute Gasteiger partial charge is 0.495 e. The van der Waals surface area contributed by atoms with Gasteiger partial charge in [0.05, 0.1) is 34.2 Å². The predicted octanol–water partition coefficient (Wildman–Crippen LogP) is 5.02. The lowest BCUT2D eigenvalue weighted by Gasteiger charge is -2.22. The molecule has 2 aromatic heterocycles. The van der Waals surface area contributed by atoms with Crippen molar-refractivity contribution in [2.24, 2.45) is 0 Å². The van der Waals surface area contributed by atoms with Gasteiger partial charge in [-0.1, -0.05) is 17.7 Å². The van der Waals surface area contributed by atoms with E-state index in [0.29, 0.717) is 27.3 Å². The molecule has 0 aliphatic heterocycles. The Hall–Kier alpha value is -2.49. The minimum atomic E-state index is -1.12. The second-order valence-electron chi connectivity index (χ2n) is 8.02. The molecule has 1 aliphatic rings. The highest BCUT2D eigenvalue weighted by molar-refractivity contribution is 7.87. The lowest BCUT2D eigenvalue weighted by Crippen LogP contribution is -2.35. The first-order chi connectivity index (χ1) is 15.3. The number of ether oxygens (including phenoxy) is 1. The summed E-state index contributed by atoms with van der Waals surface area (Å²) < 4.78 is 20.5. The third-order valence-corrected chi connectivity index (χ3v) is 7.78. The summed E-state index contributed by atoms with van der Waals surface area (Å²) in [7, 11) is 0.427. The first-order valence-electron chi connectivity index (χ1n) is 10.0. The van der Waals surface area contributed by atoms with Gasteiger partial charge in [0.15, 0.2) is 5.13 Å². The molecule has 1 fully saturated rings. The SMILES string of the molecule is COc1cc(-c2cncc(Cl)c2)ccc1NC(=O)C(C)(C)c1csc(NS(=O)C2CC2)n1. The first kappa shape index (κ1) is 22.7. The molecule has 32 heavy (non-hydrogen) atoms. The zero-order valence-electron chi connectivity index (χ0n) is 17.8. The highest BCUT2D eigenvalue weighted by Gasteiger charge is 2.34. The van der Waals surface area contributed by atoms with Crippen LogP contribution in [0.1, 0.15) is 32.4 Å². The van der Waals surface area contributed by atoms with Crippen LogP contribution in [0.2, 0.25) is 5.02 Å². The van der Waals surface area contributed by atoms with Gasteiger partial charge < -0.3 is 10.1 Å². The van der Waals surface area contributed by atoms with Gasteiger partial charge in [-0.15, -0.1) is 11.3 Å². The normalized spacial score (nSPS) is 14.6. The Morgan fingerprint density at radius 2 is 2.03 bits per heavy atom. The Kier molecular flexibility index (Phi) is 6.50. The molecule has 1 amide bonds. The van der Waals surface area contributed by atoms with Crippen LogP contribution in [0.4, 0.5) is 10.8 Å². The molecule has 1 aliphatic carbocycles. The molecule has 0 saturated heterocycles. The Morgan fingerprint density at radius 1 is 1.25 bits per heavy atom. The number of halogens is 1. The van der Waals surface area contributed by atoms with E-state index in [-0.39, 0.29) is 11.2 Å². The van der Waals surface area contributed by atoms with E-state index in [1.807, 2.05) is 23.6 Å². The fourth-order valence-electron chi connectivity index (χ4n) is 3.00. The van der Waals surface area contributed by atoms with Crippen LogP contribution in [0, 0.1) is 0 Å². The van der Waals surface area contributed by atoms with Gasteiger partial charge in [-0.3, -0.25) is 14.5 Å². The van der Waals surface area contributed by atoms with Crippen LogP contribution in [-0.4, -0.2) is 32.4 Å². The van der Waals surface area contributed by atoms with Crippen LogP contribution in [0.15, 0.2) is 42.0 Å². The van der Waals surface area contributed by atoms with E-state index in [2.05, 4.69) is 20.0 Å². The number of hydrogen-bond acceptors (Lipinski definition) is 6. The molecule has 3 aromatic rings.